The van der Waals surface area contributed by atoms with Crippen LogP contribution in [0.2, 0.25) is 0 Å². The third-order valence-electron chi connectivity index (χ3n) is 4.93. The molecule has 1 fully saturated rings. The van der Waals surface area contributed by atoms with Crippen LogP contribution < -0.4 is 0 Å². The number of fused-ring (bicyclic) bond motifs is 1. The minimum Gasteiger partial charge on any atom is -0.334 e. The molecule has 1 atom stereocenters. The summed E-state index contributed by atoms with van der Waals surface area (Å²) in [7, 11) is 0. The van der Waals surface area contributed by atoms with E-state index in [9.17, 15) is 9.18 Å². The van der Waals surface area contributed by atoms with Gasteiger partial charge in [-0.05, 0) is 43.9 Å². The van der Waals surface area contributed by atoms with E-state index in [-0.39, 0.29) is 24.2 Å². The average Bonchev–Trinajstić information content (AvgIpc) is 3.02. The SMILES string of the molecule is Cc1cc2nc(C3CCCCN3C(=O)Cc3ccccc3F)ccn2n1. The molecular weight excluding hydrogens is 331 g/mol. The third-order valence-corrected chi connectivity index (χ3v) is 4.93. The molecule has 0 bridgehead atoms. The van der Waals surface area contributed by atoms with Crippen molar-refractivity contribution in [3.05, 3.63) is 65.4 Å². The first-order valence-electron chi connectivity index (χ1n) is 8.97. The number of amides is 1. The molecule has 1 unspecified atom stereocenters. The van der Waals surface area contributed by atoms with E-state index in [0.29, 0.717) is 12.1 Å². The molecule has 3 aromatic rings. The van der Waals surface area contributed by atoms with Crippen LogP contribution in [-0.4, -0.2) is 31.9 Å². The lowest BCUT2D eigenvalue weighted by Gasteiger charge is -2.35. The van der Waals surface area contributed by atoms with Gasteiger partial charge in [-0.15, -0.1) is 0 Å². The molecule has 1 aliphatic heterocycles. The Balaban J connectivity index is 1.60. The third kappa shape index (κ3) is 3.19. The fraction of sp³-hybridized carbons (Fsp3) is 0.350. The molecule has 0 N–H and O–H groups in total. The van der Waals surface area contributed by atoms with Crippen LogP contribution in [0, 0.1) is 12.7 Å². The first-order valence-corrected chi connectivity index (χ1v) is 8.97. The number of hydrogen-bond acceptors (Lipinski definition) is 3. The second-order valence-corrected chi connectivity index (χ2v) is 6.81. The summed E-state index contributed by atoms with van der Waals surface area (Å²) in [4.78, 5) is 19.5. The second kappa shape index (κ2) is 6.86. The van der Waals surface area contributed by atoms with Crippen LogP contribution >= 0.6 is 0 Å². The number of benzene rings is 1. The van der Waals surface area contributed by atoms with Crippen molar-refractivity contribution in [3.8, 4) is 0 Å². The summed E-state index contributed by atoms with van der Waals surface area (Å²) >= 11 is 0. The molecule has 5 nitrogen and oxygen atoms in total. The number of carbonyl (C=O) groups excluding carboxylic acids is 1. The van der Waals surface area contributed by atoms with Crippen LogP contribution in [0.1, 0.15) is 42.3 Å². The molecule has 3 heterocycles. The average molecular weight is 352 g/mol. The summed E-state index contributed by atoms with van der Waals surface area (Å²) in [5.41, 5.74) is 3.01. The Hall–Kier alpha value is -2.76. The summed E-state index contributed by atoms with van der Waals surface area (Å²) in [6.07, 6.45) is 4.86. The van der Waals surface area contributed by atoms with Gasteiger partial charge >= 0.3 is 0 Å². The molecule has 4 rings (SSSR count). The topological polar surface area (TPSA) is 50.5 Å². The predicted octanol–water partition coefficient (Wildman–Crippen LogP) is 3.47. The number of likely N-dealkylation sites (tertiary alicyclic amines) is 1. The monoisotopic (exact) mass is 352 g/mol. The highest BCUT2D eigenvalue weighted by atomic mass is 19.1. The molecule has 1 amide bonds. The molecule has 2 aromatic heterocycles. The van der Waals surface area contributed by atoms with Crippen molar-refractivity contribution < 1.29 is 9.18 Å². The maximum Gasteiger partial charge on any atom is 0.227 e. The standard InChI is InChI=1S/C20H21FN4O/c1-14-12-19-22-17(9-11-25(19)23-14)18-8-4-5-10-24(18)20(26)13-15-6-2-3-7-16(15)21/h2-3,6-7,9,11-12,18H,4-5,8,10,13H2,1H3. The number of halogens is 1. The van der Waals surface area contributed by atoms with Crippen molar-refractivity contribution >= 4 is 11.6 Å². The molecule has 1 aliphatic rings. The summed E-state index contributed by atoms with van der Waals surface area (Å²) < 4.78 is 15.7. The zero-order chi connectivity index (χ0) is 18.1. The Morgan fingerprint density at radius 3 is 2.96 bits per heavy atom. The summed E-state index contributed by atoms with van der Waals surface area (Å²) in [6.45, 7) is 2.61. The van der Waals surface area contributed by atoms with E-state index >= 15 is 0 Å². The highest BCUT2D eigenvalue weighted by Gasteiger charge is 2.29. The Morgan fingerprint density at radius 2 is 2.12 bits per heavy atom. The maximum absolute atomic E-state index is 13.9. The molecular formula is C20H21FN4O. The molecule has 134 valence electrons. The summed E-state index contributed by atoms with van der Waals surface area (Å²) in [5.74, 6) is -0.380. The lowest BCUT2D eigenvalue weighted by Crippen LogP contribution is -2.39. The van der Waals surface area contributed by atoms with Gasteiger partial charge in [0.1, 0.15) is 5.82 Å². The number of hydrogen-bond donors (Lipinski definition) is 0. The molecule has 6 heteroatoms. The van der Waals surface area contributed by atoms with Crippen molar-refractivity contribution in [2.45, 2.75) is 38.6 Å². The van der Waals surface area contributed by atoms with Crippen LogP contribution in [0.4, 0.5) is 4.39 Å². The number of aromatic nitrogens is 3. The van der Waals surface area contributed by atoms with Gasteiger partial charge in [-0.2, -0.15) is 5.10 Å². The Bertz CT molecular complexity index is 952. The normalized spacial score (nSPS) is 17.6. The molecule has 1 saturated heterocycles. The van der Waals surface area contributed by atoms with Gasteiger partial charge in [0, 0.05) is 18.8 Å². The molecule has 0 aliphatic carbocycles. The maximum atomic E-state index is 13.9. The number of carbonyl (C=O) groups is 1. The van der Waals surface area contributed by atoms with Crippen molar-refractivity contribution in [3.63, 3.8) is 0 Å². The van der Waals surface area contributed by atoms with Crippen molar-refractivity contribution in [2.24, 2.45) is 0 Å². The largest absolute Gasteiger partial charge is 0.334 e. The van der Waals surface area contributed by atoms with E-state index < -0.39 is 0 Å². The van der Waals surface area contributed by atoms with E-state index in [0.717, 1.165) is 36.3 Å². The first kappa shape index (κ1) is 16.7. The van der Waals surface area contributed by atoms with E-state index in [2.05, 4.69) is 5.10 Å². The van der Waals surface area contributed by atoms with E-state index in [4.69, 9.17) is 4.98 Å². The Morgan fingerprint density at radius 1 is 1.27 bits per heavy atom. The molecule has 26 heavy (non-hydrogen) atoms. The van der Waals surface area contributed by atoms with Gasteiger partial charge in [0.2, 0.25) is 5.91 Å². The van der Waals surface area contributed by atoms with E-state index in [1.807, 2.05) is 30.2 Å². The Kier molecular flexibility index (Phi) is 4.41. The second-order valence-electron chi connectivity index (χ2n) is 6.81. The minimum absolute atomic E-state index is 0.0499. The lowest BCUT2D eigenvalue weighted by molar-refractivity contribution is -0.134. The van der Waals surface area contributed by atoms with Gasteiger partial charge < -0.3 is 4.90 Å². The molecule has 0 radical (unpaired) electrons. The van der Waals surface area contributed by atoms with Crippen LogP contribution in [0.5, 0.6) is 0 Å². The first-order chi connectivity index (χ1) is 12.6. The lowest BCUT2D eigenvalue weighted by atomic mass is 9.98. The zero-order valence-electron chi connectivity index (χ0n) is 14.7. The fourth-order valence-electron chi connectivity index (χ4n) is 3.64. The molecule has 0 spiro atoms. The van der Waals surface area contributed by atoms with Crippen molar-refractivity contribution in [1.82, 2.24) is 19.5 Å². The van der Waals surface area contributed by atoms with E-state index in [1.165, 1.54) is 6.07 Å². The smallest absolute Gasteiger partial charge is 0.227 e. The van der Waals surface area contributed by atoms with Crippen LogP contribution in [0.15, 0.2) is 42.6 Å². The van der Waals surface area contributed by atoms with Crippen molar-refractivity contribution in [2.75, 3.05) is 6.54 Å². The fourth-order valence-corrected chi connectivity index (χ4v) is 3.64. The molecule has 0 saturated carbocycles. The van der Waals surface area contributed by atoms with Gasteiger partial charge in [0.05, 0.1) is 23.9 Å². The van der Waals surface area contributed by atoms with Gasteiger partial charge in [0.15, 0.2) is 5.65 Å². The highest BCUT2D eigenvalue weighted by Crippen LogP contribution is 2.30. The van der Waals surface area contributed by atoms with Crippen molar-refractivity contribution in [1.29, 1.82) is 0 Å². The van der Waals surface area contributed by atoms with Gasteiger partial charge in [0.25, 0.3) is 0 Å². The van der Waals surface area contributed by atoms with Gasteiger partial charge in [-0.25, -0.2) is 13.9 Å². The highest BCUT2D eigenvalue weighted by molar-refractivity contribution is 5.79. The number of nitrogens with zero attached hydrogens (tertiary/aromatic N) is 4. The van der Waals surface area contributed by atoms with Gasteiger partial charge in [-0.1, -0.05) is 18.2 Å². The minimum atomic E-state index is -0.330. The number of piperidine rings is 1. The Labute approximate surface area is 151 Å². The van der Waals surface area contributed by atoms with Crippen LogP contribution in [0.25, 0.3) is 5.65 Å². The van der Waals surface area contributed by atoms with Gasteiger partial charge in [-0.3, -0.25) is 4.79 Å². The number of rotatable bonds is 3. The summed E-state index contributed by atoms with van der Waals surface area (Å²) in [5, 5.41) is 4.35. The van der Waals surface area contributed by atoms with Crippen LogP contribution in [0.3, 0.4) is 0 Å². The summed E-state index contributed by atoms with van der Waals surface area (Å²) in [6, 6.07) is 10.3. The number of aryl methyl sites for hydroxylation is 1. The van der Waals surface area contributed by atoms with E-state index in [1.54, 1.807) is 22.7 Å². The quantitative estimate of drug-likeness (QED) is 0.725. The molecule has 1 aromatic carbocycles. The predicted molar refractivity (Wildman–Crippen MR) is 96.1 cm³/mol. The zero-order valence-corrected chi connectivity index (χ0v) is 14.7. The van der Waals surface area contributed by atoms with Crippen LogP contribution in [-0.2, 0) is 11.2 Å².